The average Bonchev–Trinajstić information content (AvgIpc) is 3.15. The molecule has 21 heavy (non-hydrogen) atoms. The first-order valence-electron chi connectivity index (χ1n) is 6.39. The first kappa shape index (κ1) is 11.8. The Kier molecular flexibility index (Phi) is 2.53. The fraction of sp³-hybridized carbons (Fsp3) is 0.0667. The van der Waals surface area contributed by atoms with Crippen LogP contribution >= 0.6 is 0 Å². The number of rotatable bonds is 2. The minimum atomic E-state index is 0.233. The minimum absolute atomic E-state index is 0.233. The molecule has 0 saturated heterocycles. The van der Waals surface area contributed by atoms with Gasteiger partial charge in [0.15, 0.2) is 11.5 Å². The molecule has 1 aromatic heterocycles. The maximum Gasteiger partial charge on any atom is 0.248 e. The second kappa shape index (κ2) is 4.52. The molecule has 0 unspecified atom stereocenters. The Morgan fingerprint density at radius 3 is 2.43 bits per heavy atom. The van der Waals surface area contributed by atoms with Gasteiger partial charge in [0.1, 0.15) is 0 Å². The van der Waals surface area contributed by atoms with Gasteiger partial charge in [0.25, 0.3) is 0 Å². The van der Waals surface area contributed by atoms with Gasteiger partial charge in [-0.25, -0.2) is 0 Å². The van der Waals surface area contributed by atoms with Crippen molar-refractivity contribution in [3.05, 3.63) is 42.5 Å². The van der Waals surface area contributed by atoms with E-state index >= 15 is 0 Å². The molecule has 0 atom stereocenters. The molecule has 2 N–H and O–H groups in total. The number of hydrogen-bond acceptors (Lipinski definition) is 6. The third-order valence-electron chi connectivity index (χ3n) is 3.18. The Bertz CT molecular complexity index is 813. The van der Waals surface area contributed by atoms with Gasteiger partial charge < -0.3 is 19.6 Å². The van der Waals surface area contributed by atoms with Crippen molar-refractivity contribution in [2.75, 3.05) is 12.5 Å². The Labute approximate surface area is 120 Å². The van der Waals surface area contributed by atoms with Gasteiger partial charge in [0.2, 0.25) is 18.6 Å². The molecule has 0 fully saturated rings. The number of fused-ring (bicyclic) bond motifs is 1. The molecule has 1 aliphatic rings. The van der Waals surface area contributed by atoms with Gasteiger partial charge in [0, 0.05) is 16.8 Å². The first-order chi connectivity index (χ1) is 10.3. The predicted octanol–water partition coefficient (Wildman–Crippen LogP) is 2.71. The highest BCUT2D eigenvalue weighted by atomic mass is 16.7. The number of nitrogens with zero attached hydrogens (tertiary/aromatic N) is 2. The molecule has 2 heterocycles. The number of hydrogen-bond donors (Lipinski definition) is 1. The summed E-state index contributed by atoms with van der Waals surface area (Å²) in [6.45, 7) is 0.233. The molecule has 4 rings (SSSR count). The quantitative estimate of drug-likeness (QED) is 0.727. The average molecular weight is 281 g/mol. The smallest absolute Gasteiger partial charge is 0.248 e. The monoisotopic (exact) mass is 281 g/mol. The van der Waals surface area contributed by atoms with Crippen LogP contribution in [0.25, 0.3) is 22.9 Å². The van der Waals surface area contributed by atoms with Gasteiger partial charge in [-0.05, 0) is 36.4 Å². The fourth-order valence-corrected chi connectivity index (χ4v) is 2.16. The van der Waals surface area contributed by atoms with E-state index in [9.17, 15) is 0 Å². The normalized spacial score (nSPS) is 12.6. The van der Waals surface area contributed by atoms with Crippen LogP contribution < -0.4 is 15.2 Å². The number of ether oxygens (including phenoxy) is 2. The number of nitrogens with two attached hydrogens (primary N) is 1. The van der Waals surface area contributed by atoms with Crippen molar-refractivity contribution in [1.82, 2.24) is 10.2 Å². The molecular weight excluding hydrogens is 270 g/mol. The highest BCUT2D eigenvalue weighted by Crippen LogP contribution is 2.36. The molecule has 2 aromatic carbocycles. The molecule has 0 aliphatic carbocycles. The van der Waals surface area contributed by atoms with Crippen LogP contribution in [0.5, 0.6) is 11.5 Å². The van der Waals surface area contributed by atoms with E-state index in [1.807, 2.05) is 30.3 Å². The van der Waals surface area contributed by atoms with Gasteiger partial charge in [-0.2, -0.15) is 0 Å². The molecule has 0 radical (unpaired) electrons. The summed E-state index contributed by atoms with van der Waals surface area (Å²) in [4.78, 5) is 0. The molecule has 6 heteroatoms. The zero-order valence-electron chi connectivity index (χ0n) is 10.9. The molecule has 0 bridgehead atoms. The van der Waals surface area contributed by atoms with Crippen LogP contribution in [0, 0.1) is 0 Å². The Morgan fingerprint density at radius 1 is 0.857 bits per heavy atom. The van der Waals surface area contributed by atoms with Gasteiger partial charge >= 0.3 is 0 Å². The molecule has 0 saturated carbocycles. The fourth-order valence-electron chi connectivity index (χ4n) is 2.16. The summed E-state index contributed by atoms with van der Waals surface area (Å²) in [7, 11) is 0. The number of benzene rings is 2. The summed E-state index contributed by atoms with van der Waals surface area (Å²) >= 11 is 0. The summed E-state index contributed by atoms with van der Waals surface area (Å²) in [6.07, 6.45) is 0. The predicted molar refractivity (Wildman–Crippen MR) is 75.7 cm³/mol. The topological polar surface area (TPSA) is 83.4 Å². The highest BCUT2D eigenvalue weighted by molar-refractivity contribution is 5.63. The van der Waals surface area contributed by atoms with E-state index in [1.54, 1.807) is 12.1 Å². The lowest BCUT2D eigenvalue weighted by molar-refractivity contribution is 0.174. The maximum atomic E-state index is 5.76. The minimum Gasteiger partial charge on any atom is -0.454 e. The molecule has 0 spiro atoms. The molecular formula is C15H11N3O3. The number of aromatic nitrogens is 2. The summed E-state index contributed by atoms with van der Waals surface area (Å²) < 4.78 is 16.3. The standard InChI is InChI=1S/C15H11N3O3/c16-11-3-1-2-9(6-11)14-17-18-15(21-14)10-4-5-12-13(7-10)20-8-19-12/h1-7H,8,16H2. The van der Waals surface area contributed by atoms with Crippen LogP contribution in [0.4, 0.5) is 5.69 Å². The van der Waals surface area contributed by atoms with E-state index in [1.165, 1.54) is 0 Å². The molecule has 1 aliphatic heterocycles. The van der Waals surface area contributed by atoms with E-state index in [2.05, 4.69) is 10.2 Å². The Balaban J connectivity index is 1.71. The second-order valence-corrected chi connectivity index (χ2v) is 4.61. The van der Waals surface area contributed by atoms with E-state index < -0.39 is 0 Å². The van der Waals surface area contributed by atoms with Crippen molar-refractivity contribution in [2.45, 2.75) is 0 Å². The van der Waals surface area contributed by atoms with Crippen LogP contribution in [-0.2, 0) is 0 Å². The van der Waals surface area contributed by atoms with Crippen molar-refractivity contribution in [3.63, 3.8) is 0 Å². The Hall–Kier alpha value is -3.02. The lowest BCUT2D eigenvalue weighted by Crippen LogP contribution is -1.92. The van der Waals surface area contributed by atoms with Gasteiger partial charge in [-0.15, -0.1) is 10.2 Å². The summed E-state index contributed by atoms with van der Waals surface area (Å²) in [5.74, 6) is 2.24. The number of anilines is 1. The van der Waals surface area contributed by atoms with E-state index in [0.717, 1.165) is 11.1 Å². The van der Waals surface area contributed by atoms with Crippen LogP contribution in [0.3, 0.4) is 0 Å². The summed E-state index contributed by atoms with van der Waals surface area (Å²) in [5, 5.41) is 8.12. The van der Waals surface area contributed by atoms with Crippen LogP contribution in [0.15, 0.2) is 46.9 Å². The van der Waals surface area contributed by atoms with Gasteiger partial charge in [-0.1, -0.05) is 6.07 Å². The first-order valence-corrected chi connectivity index (χ1v) is 6.39. The van der Waals surface area contributed by atoms with Crippen molar-refractivity contribution >= 4 is 5.69 Å². The zero-order valence-corrected chi connectivity index (χ0v) is 10.9. The molecule has 3 aromatic rings. The lowest BCUT2D eigenvalue weighted by Gasteiger charge is -1.98. The van der Waals surface area contributed by atoms with Gasteiger partial charge in [0.05, 0.1) is 0 Å². The SMILES string of the molecule is Nc1cccc(-c2nnc(-c3ccc4c(c3)OCO4)o2)c1. The molecule has 6 nitrogen and oxygen atoms in total. The lowest BCUT2D eigenvalue weighted by atomic mass is 10.2. The van der Waals surface area contributed by atoms with E-state index in [4.69, 9.17) is 19.6 Å². The van der Waals surface area contributed by atoms with Crippen molar-refractivity contribution in [1.29, 1.82) is 0 Å². The zero-order chi connectivity index (χ0) is 14.2. The van der Waals surface area contributed by atoms with Crippen molar-refractivity contribution in [3.8, 4) is 34.4 Å². The van der Waals surface area contributed by atoms with E-state index in [0.29, 0.717) is 29.0 Å². The van der Waals surface area contributed by atoms with Crippen molar-refractivity contribution in [2.24, 2.45) is 0 Å². The maximum absolute atomic E-state index is 5.76. The van der Waals surface area contributed by atoms with Crippen LogP contribution in [0.1, 0.15) is 0 Å². The Morgan fingerprint density at radius 2 is 1.62 bits per heavy atom. The van der Waals surface area contributed by atoms with Crippen molar-refractivity contribution < 1.29 is 13.9 Å². The molecule has 0 amide bonds. The molecule has 104 valence electrons. The summed E-state index contributed by atoms with van der Waals surface area (Å²) in [6, 6.07) is 12.8. The highest BCUT2D eigenvalue weighted by Gasteiger charge is 2.17. The van der Waals surface area contributed by atoms with E-state index in [-0.39, 0.29) is 6.79 Å². The van der Waals surface area contributed by atoms with Gasteiger partial charge in [-0.3, -0.25) is 0 Å². The summed E-state index contributed by atoms with van der Waals surface area (Å²) in [5.41, 5.74) is 7.97. The van der Waals surface area contributed by atoms with Crippen LogP contribution in [-0.4, -0.2) is 17.0 Å². The van der Waals surface area contributed by atoms with Crippen LogP contribution in [0.2, 0.25) is 0 Å². The second-order valence-electron chi connectivity index (χ2n) is 4.61. The third kappa shape index (κ3) is 2.06. The third-order valence-corrected chi connectivity index (χ3v) is 3.18. The largest absolute Gasteiger partial charge is 0.454 e. The number of nitrogen functional groups attached to an aromatic ring is 1.